The number of halogens is 1. The van der Waals surface area contributed by atoms with Crippen LogP contribution in [-0.4, -0.2) is 33.7 Å². The van der Waals surface area contributed by atoms with E-state index in [9.17, 15) is 9.18 Å². The minimum Gasteiger partial charge on any atom is -0.480 e. The molecule has 0 spiro atoms. The number of anilines is 1. The fourth-order valence-electron chi connectivity index (χ4n) is 1.88. The van der Waals surface area contributed by atoms with Gasteiger partial charge in [0.1, 0.15) is 12.4 Å². The number of fused-ring (bicyclic) bond motifs is 1. The smallest absolute Gasteiger partial charge is 0.323 e. The molecule has 0 bridgehead atoms. The molecule has 1 N–H and O–H groups in total. The molecule has 0 aliphatic carbocycles. The van der Waals surface area contributed by atoms with Crippen molar-refractivity contribution >= 4 is 23.0 Å². The Hall–Kier alpha value is -2.11. The second-order valence-corrected chi connectivity index (χ2v) is 4.73. The fourth-order valence-corrected chi connectivity index (χ4v) is 1.88. The highest BCUT2D eigenvalue weighted by Crippen LogP contribution is 2.23. The van der Waals surface area contributed by atoms with Gasteiger partial charge in [-0.1, -0.05) is 0 Å². The number of rotatable bonds is 4. The Labute approximate surface area is 110 Å². The molecule has 19 heavy (non-hydrogen) atoms. The van der Waals surface area contributed by atoms with Crippen LogP contribution < -0.4 is 4.90 Å². The highest BCUT2D eigenvalue weighted by Gasteiger charge is 2.18. The number of benzene rings is 1. The van der Waals surface area contributed by atoms with Crippen molar-refractivity contribution in [3.8, 4) is 0 Å². The van der Waals surface area contributed by atoms with E-state index in [0.717, 1.165) is 0 Å². The molecule has 1 heterocycles. The normalized spacial score (nSPS) is 11.2. The average molecular weight is 265 g/mol. The van der Waals surface area contributed by atoms with E-state index in [2.05, 4.69) is 4.98 Å². The first-order valence-corrected chi connectivity index (χ1v) is 6.00. The van der Waals surface area contributed by atoms with Gasteiger partial charge in [-0.05, 0) is 26.0 Å². The van der Waals surface area contributed by atoms with Crippen molar-refractivity contribution in [1.29, 1.82) is 0 Å². The largest absolute Gasteiger partial charge is 0.480 e. The van der Waals surface area contributed by atoms with Crippen LogP contribution in [0.25, 0.3) is 11.0 Å². The van der Waals surface area contributed by atoms with Crippen LogP contribution in [0.2, 0.25) is 0 Å². The summed E-state index contributed by atoms with van der Waals surface area (Å²) in [6.07, 6.45) is 0. The number of aliphatic carboxylic acids is 1. The molecule has 0 saturated carbocycles. The monoisotopic (exact) mass is 265 g/mol. The maximum absolute atomic E-state index is 13.2. The van der Waals surface area contributed by atoms with E-state index in [1.807, 2.05) is 25.8 Å². The van der Waals surface area contributed by atoms with E-state index in [1.54, 1.807) is 10.6 Å². The molecule has 0 radical (unpaired) electrons. The van der Waals surface area contributed by atoms with Gasteiger partial charge < -0.3 is 10.0 Å². The molecule has 0 fully saturated rings. The summed E-state index contributed by atoms with van der Waals surface area (Å²) in [6.45, 7) is 3.75. The van der Waals surface area contributed by atoms with Crippen molar-refractivity contribution in [3.05, 3.63) is 24.0 Å². The Morgan fingerprint density at radius 1 is 1.53 bits per heavy atom. The first-order valence-electron chi connectivity index (χ1n) is 6.00. The van der Waals surface area contributed by atoms with Crippen LogP contribution >= 0.6 is 0 Å². The van der Waals surface area contributed by atoms with Crippen LogP contribution in [0, 0.1) is 5.82 Å². The molecule has 102 valence electrons. The lowest BCUT2D eigenvalue weighted by Crippen LogP contribution is -2.29. The summed E-state index contributed by atoms with van der Waals surface area (Å²) in [5, 5.41) is 9.00. The van der Waals surface area contributed by atoms with Gasteiger partial charge in [0.2, 0.25) is 5.95 Å². The molecule has 0 atom stereocenters. The second kappa shape index (κ2) is 4.87. The third kappa shape index (κ3) is 2.52. The van der Waals surface area contributed by atoms with E-state index in [0.29, 0.717) is 17.0 Å². The minimum absolute atomic E-state index is 0.161. The van der Waals surface area contributed by atoms with Crippen molar-refractivity contribution in [2.75, 3.05) is 11.9 Å². The third-order valence-electron chi connectivity index (χ3n) is 3.07. The number of nitrogens with zero attached hydrogens (tertiary/aromatic N) is 3. The van der Waals surface area contributed by atoms with Gasteiger partial charge in [-0.2, -0.15) is 0 Å². The van der Waals surface area contributed by atoms with Crippen molar-refractivity contribution in [2.45, 2.75) is 26.4 Å². The number of carbonyl (C=O) groups is 1. The molecule has 0 saturated heterocycles. The molecular weight excluding hydrogens is 249 g/mol. The van der Waals surface area contributed by atoms with Gasteiger partial charge >= 0.3 is 5.97 Å². The van der Waals surface area contributed by atoms with Gasteiger partial charge in [0, 0.05) is 19.2 Å². The number of aromatic nitrogens is 2. The predicted molar refractivity (Wildman–Crippen MR) is 70.9 cm³/mol. The van der Waals surface area contributed by atoms with E-state index in [-0.39, 0.29) is 18.4 Å². The highest BCUT2D eigenvalue weighted by atomic mass is 19.1. The maximum Gasteiger partial charge on any atom is 0.323 e. The number of hydrogen-bond acceptors (Lipinski definition) is 3. The van der Waals surface area contributed by atoms with Crippen molar-refractivity contribution in [3.63, 3.8) is 0 Å². The van der Waals surface area contributed by atoms with Gasteiger partial charge in [0.15, 0.2) is 0 Å². The average Bonchev–Trinajstić information content (AvgIpc) is 2.65. The lowest BCUT2D eigenvalue weighted by atomic mass is 10.3. The van der Waals surface area contributed by atoms with Crippen molar-refractivity contribution in [2.24, 2.45) is 0 Å². The van der Waals surface area contributed by atoms with Crippen LogP contribution in [0.1, 0.15) is 13.8 Å². The van der Waals surface area contributed by atoms with E-state index in [4.69, 9.17) is 5.11 Å². The molecule has 0 amide bonds. The zero-order chi connectivity index (χ0) is 14.2. The summed E-state index contributed by atoms with van der Waals surface area (Å²) in [4.78, 5) is 17.2. The van der Waals surface area contributed by atoms with Gasteiger partial charge in [0.25, 0.3) is 0 Å². The van der Waals surface area contributed by atoms with Gasteiger partial charge in [-0.3, -0.25) is 9.36 Å². The summed E-state index contributed by atoms with van der Waals surface area (Å²) >= 11 is 0. The second-order valence-electron chi connectivity index (χ2n) is 4.73. The number of carboxylic acid groups (broad SMARTS) is 1. The Kier molecular flexibility index (Phi) is 3.42. The lowest BCUT2D eigenvalue weighted by Gasteiger charge is -2.23. The molecule has 1 aromatic carbocycles. The summed E-state index contributed by atoms with van der Waals surface area (Å²) < 4.78 is 14.8. The van der Waals surface area contributed by atoms with E-state index >= 15 is 0 Å². The Morgan fingerprint density at radius 3 is 2.79 bits per heavy atom. The number of imidazole rings is 1. The first-order chi connectivity index (χ1) is 8.90. The summed E-state index contributed by atoms with van der Waals surface area (Å²) in [6, 6.07) is 4.33. The van der Waals surface area contributed by atoms with Gasteiger partial charge in [0.05, 0.1) is 11.0 Å². The Morgan fingerprint density at radius 2 is 2.21 bits per heavy atom. The molecule has 0 unspecified atom stereocenters. The topological polar surface area (TPSA) is 58.4 Å². The quantitative estimate of drug-likeness (QED) is 0.919. The van der Waals surface area contributed by atoms with Crippen LogP contribution in [0.5, 0.6) is 0 Å². The number of carboxylic acids is 1. The molecular formula is C13H16FN3O2. The summed E-state index contributed by atoms with van der Waals surface area (Å²) in [5.74, 6) is -0.814. The lowest BCUT2D eigenvalue weighted by molar-refractivity contribution is -0.137. The predicted octanol–water partition coefficient (Wildman–Crippen LogP) is 2.10. The SMILES string of the molecule is CC(C)N(C)c1nc2cc(F)ccc2n1CC(=O)O. The van der Waals surface area contributed by atoms with Crippen LogP contribution in [0.4, 0.5) is 10.3 Å². The fraction of sp³-hybridized carbons (Fsp3) is 0.385. The molecule has 2 rings (SSSR count). The zero-order valence-electron chi connectivity index (χ0n) is 11.1. The zero-order valence-corrected chi connectivity index (χ0v) is 11.1. The number of hydrogen-bond donors (Lipinski definition) is 1. The van der Waals surface area contributed by atoms with Gasteiger partial charge in [-0.25, -0.2) is 9.37 Å². The van der Waals surface area contributed by atoms with Crippen LogP contribution in [-0.2, 0) is 11.3 Å². The minimum atomic E-state index is -0.956. The molecule has 0 aliphatic heterocycles. The van der Waals surface area contributed by atoms with E-state index in [1.165, 1.54) is 12.1 Å². The molecule has 5 nitrogen and oxygen atoms in total. The van der Waals surface area contributed by atoms with Crippen LogP contribution in [0.3, 0.4) is 0 Å². The molecule has 0 aliphatic rings. The Bertz CT molecular complexity index is 622. The van der Waals surface area contributed by atoms with E-state index < -0.39 is 5.97 Å². The maximum atomic E-state index is 13.2. The van der Waals surface area contributed by atoms with Crippen LogP contribution in [0.15, 0.2) is 18.2 Å². The van der Waals surface area contributed by atoms with Crippen molar-refractivity contribution < 1.29 is 14.3 Å². The summed E-state index contributed by atoms with van der Waals surface area (Å²) in [7, 11) is 1.83. The highest BCUT2D eigenvalue weighted by molar-refractivity contribution is 5.81. The molecule has 6 heteroatoms. The summed E-state index contributed by atoms with van der Waals surface area (Å²) in [5.41, 5.74) is 1.08. The molecule has 2 aromatic rings. The third-order valence-corrected chi connectivity index (χ3v) is 3.07. The molecule has 1 aromatic heterocycles. The Balaban J connectivity index is 2.63. The first kappa shape index (κ1) is 13.3. The van der Waals surface area contributed by atoms with Gasteiger partial charge in [-0.15, -0.1) is 0 Å². The standard InChI is InChI=1S/C13H16FN3O2/c1-8(2)16(3)13-15-10-6-9(14)4-5-11(10)17(13)7-12(18)19/h4-6,8H,7H2,1-3H3,(H,18,19). The van der Waals surface area contributed by atoms with Crippen molar-refractivity contribution in [1.82, 2.24) is 9.55 Å².